The van der Waals surface area contributed by atoms with Crippen molar-refractivity contribution in [2.45, 2.75) is 44.3 Å². The molecule has 0 radical (unpaired) electrons. The topological polar surface area (TPSA) is 94.6 Å². The monoisotopic (exact) mass is 498 g/mol. The molecule has 0 aliphatic carbocycles. The number of benzene rings is 1. The van der Waals surface area contributed by atoms with E-state index < -0.39 is 13.0 Å². The Labute approximate surface area is 206 Å². The first-order valence-electron chi connectivity index (χ1n) is 12.1. The first-order valence-corrected chi connectivity index (χ1v) is 12.1. The maximum Gasteiger partial charge on any atom is 0.258 e. The number of hydrogen-bond acceptors (Lipinski definition) is 8. The molecule has 5 heterocycles. The second kappa shape index (κ2) is 8.93. The van der Waals surface area contributed by atoms with E-state index in [2.05, 4.69) is 37.5 Å². The van der Waals surface area contributed by atoms with Crippen LogP contribution in [-0.4, -0.2) is 85.9 Å². The van der Waals surface area contributed by atoms with Gasteiger partial charge in [-0.25, -0.2) is 18.0 Å². The molecule has 2 saturated heterocycles. The minimum Gasteiger partial charge on any atom is -0.479 e. The summed E-state index contributed by atoms with van der Waals surface area (Å²) in [6.07, 6.45) is 1.32. The van der Waals surface area contributed by atoms with E-state index in [0.29, 0.717) is 28.4 Å². The Morgan fingerprint density at radius 2 is 2.03 bits per heavy atom. The minimum atomic E-state index is -2.52. The zero-order chi connectivity index (χ0) is 24.9. The van der Waals surface area contributed by atoms with Gasteiger partial charge in [0.15, 0.2) is 0 Å². The van der Waals surface area contributed by atoms with Crippen molar-refractivity contribution in [3.63, 3.8) is 0 Å². The SMILES string of the molecule is COc1nc(NC2CCN(C3(C)COC3)CC2)nn2ccc(-c3ccc4nnn(CC(F)F)c4c3)c12. The number of anilines is 1. The fraction of sp³-hybridized carbons (Fsp3) is 0.500. The van der Waals surface area contributed by atoms with Gasteiger partial charge in [-0.15, -0.1) is 10.2 Å². The summed E-state index contributed by atoms with van der Waals surface area (Å²) in [4.78, 5) is 7.16. The van der Waals surface area contributed by atoms with E-state index in [1.807, 2.05) is 18.3 Å². The molecule has 190 valence electrons. The molecule has 1 N–H and O–H groups in total. The first kappa shape index (κ1) is 23.0. The molecule has 2 fully saturated rings. The van der Waals surface area contributed by atoms with Crippen molar-refractivity contribution >= 4 is 22.5 Å². The van der Waals surface area contributed by atoms with Crippen LogP contribution in [0.3, 0.4) is 0 Å². The maximum absolute atomic E-state index is 13.0. The Morgan fingerprint density at radius 3 is 2.72 bits per heavy atom. The zero-order valence-corrected chi connectivity index (χ0v) is 20.2. The van der Waals surface area contributed by atoms with Gasteiger partial charge in [0.2, 0.25) is 11.8 Å². The number of ether oxygens (including phenoxy) is 2. The number of methoxy groups -OCH3 is 1. The largest absolute Gasteiger partial charge is 0.479 e. The lowest BCUT2D eigenvalue weighted by Crippen LogP contribution is -2.62. The van der Waals surface area contributed by atoms with Crippen molar-refractivity contribution in [3.8, 4) is 17.0 Å². The van der Waals surface area contributed by atoms with Crippen LogP contribution in [0.5, 0.6) is 5.88 Å². The summed E-state index contributed by atoms with van der Waals surface area (Å²) in [5, 5.41) is 16.0. The van der Waals surface area contributed by atoms with Crippen molar-refractivity contribution in [2.75, 3.05) is 38.7 Å². The van der Waals surface area contributed by atoms with Crippen molar-refractivity contribution < 1.29 is 18.3 Å². The summed E-state index contributed by atoms with van der Waals surface area (Å²) in [6, 6.07) is 7.65. The number of halogens is 2. The van der Waals surface area contributed by atoms with Crippen LogP contribution >= 0.6 is 0 Å². The summed E-state index contributed by atoms with van der Waals surface area (Å²) in [5.74, 6) is 0.941. The summed E-state index contributed by atoms with van der Waals surface area (Å²) < 4.78 is 40.0. The van der Waals surface area contributed by atoms with E-state index in [4.69, 9.17) is 9.47 Å². The van der Waals surface area contributed by atoms with Gasteiger partial charge < -0.3 is 14.8 Å². The van der Waals surface area contributed by atoms with Gasteiger partial charge in [-0.05, 0) is 43.5 Å². The molecule has 4 aromatic rings. The molecule has 1 aromatic carbocycles. The average molecular weight is 499 g/mol. The molecule has 2 aliphatic rings. The quantitative estimate of drug-likeness (QED) is 0.416. The van der Waals surface area contributed by atoms with Crippen LogP contribution in [0.4, 0.5) is 14.7 Å². The molecule has 0 atom stereocenters. The van der Waals surface area contributed by atoms with Crippen LogP contribution in [0.1, 0.15) is 19.8 Å². The van der Waals surface area contributed by atoms with Gasteiger partial charge in [0.25, 0.3) is 6.43 Å². The van der Waals surface area contributed by atoms with E-state index >= 15 is 0 Å². The van der Waals surface area contributed by atoms with E-state index in [1.54, 1.807) is 23.8 Å². The van der Waals surface area contributed by atoms with Crippen LogP contribution in [0, 0.1) is 0 Å². The van der Waals surface area contributed by atoms with Crippen LogP contribution < -0.4 is 10.1 Å². The van der Waals surface area contributed by atoms with E-state index in [9.17, 15) is 8.78 Å². The van der Waals surface area contributed by atoms with Gasteiger partial charge in [0.1, 0.15) is 17.6 Å². The average Bonchev–Trinajstić information content (AvgIpc) is 3.46. The van der Waals surface area contributed by atoms with Crippen molar-refractivity contribution in [2.24, 2.45) is 0 Å². The Balaban J connectivity index is 1.26. The normalized spacial score (nSPS) is 18.7. The van der Waals surface area contributed by atoms with Crippen LogP contribution in [0.15, 0.2) is 30.5 Å². The molecular formula is C24H28F2N8O2. The number of rotatable bonds is 7. The lowest BCUT2D eigenvalue weighted by atomic mass is 9.93. The second-order valence-electron chi connectivity index (χ2n) is 9.73. The number of nitrogens with zero attached hydrogens (tertiary/aromatic N) is 7. The predicted octanol–water partition coefficient (Wildman–Crippen LogP) is 3.08. The van der Waals surface area contributed by atoms with Crippen molar-refractivity contribution in [1.29, 1.82) is 0 Å². The third-order valence-electron chi connectivity index (χ3n) is 7.23. The molecular weight excluding hydrogens is 470 g/mol. The van der Waals surface area contributed by atoms with Gasteiger partial charge >= 0.3 is 0 Å². The molecule has 3 aromatic heterocycles. The number of nitrogens with one attached hydrogen (secondary N) is 1. The Bertz CT molecular complexity index is 1390. The van der Waals surface area contributed by atoms with Crippen LogP contribution in [0.2, 0.25) is 0 Å². The zero-order valence-electron chi connectivity index (χ0n) is 20.2. The lowest BCUT2D eigenvalue weighted by molar-refractivity contribution is -0.135. The Morgan fingerprint density at radius 1 is 1.22 bits per heavy atom. The van der Waals surface area contributed by atoms with E-state index in [-0.39, 0.29) is 11.6 Å². The highest BCUT2D eigenvalue weighted by Crippen LogP contribution is 2.33. The highest BCUT2D eigenvalue weighted by Gasteiger charge is 2.40. The molecule has 0 bridgehead atoms. The fourth-order valence-electron chi connectivity index (χ4n) is 5.15. The number of likely N-dealkylation sites (tertiary alicyclic amines) is 1. The predicted molar refractivity (Wildman–Crippen MR) is 130 cm³/mol. The second-order valence-corrected chi connectivity index (χ2v) is 9.73. The van der Waals surface area contributed by atoms with Gasteiger partial charge in [0, 0.05) is 30.9 Å². The molecule has 36 heavy (non-hydrogen) atoms. The fourth-order valence-corrected chi connectivity index (χ4v) is 5.15. The Kier molecular flexibility index (Phi) is 5.72. The molecule has 0 saturated carbocycles. The molecule has 0 spiro atoms. The first-order chi connectivity index (χ1) is 17.4. The number of aromatic nitrogens is 6. The van der Waals surface area contributed by atoms with Crippen LogP contribution in [-0.2, 0) is 11.3 Å². The van der Waals surface area contributed by atoms with E-state index in [1.165, 1.54) is 4.68 Å². The highest BCUT2D eigenvalue weighted by atomic mass is 19.3. The number of piperidine rings is 1. The molecule has 2 aliphatic heterocycles. The Hall–Kier alpha value is -3.38. The maximum atomic E-state index is 13.0. The summed E-state index contributed by atoms with van der Waals surface area (Å²) in [7, 11) is 1.58. The van der Waals surface area contributed by atoms with E-state index in [0.717, 1.165) is 50.3 Å². The third-order valence-corrected chi connectivity index (χ3v) is 7.23. The summed E-state index contributed by atoms with van der Waals surface area (Å²) in [6.45, 7) is 5.36. The number of fused-ring (bicyclic) bond motifs is 2. The molecule has 10 nitrogen and oxygen atoms in total. The van der Waals surface area contributed by atoms with Crippen molar-refractivity contribution in [1.82, 2.24) is 34.5 Å². The van der Waals surface area contributed by atoms with Gasteiger partial charge in [-0.1, -0.05) is 11.3 Å². The number of alkyl halides is 2. The molecule has 12 heteroatoms. The molecule has 0 amide bonds. The van der Waals surface area contributed by atoms with Gasteiger partial charge in [-0.3, -0.25) is 4.90 Å². The van der Waals surface area contributed by atoms with Crippen molar-refractivity contribution in [3.05, 3.63) is 30.5 Å². The summed E-state index contributed by atoms with van der Waals surface area (Å²) >= 11 is 0. The standard InChI is InChI=1S/C24H28F2N8O2/c1-24(13-36-14-24)32-8-5-16(6-9-32)27-23-28-22(35-2)21-17(7-10-33(21)30-23)15-3-4-18-19(11-15)34(31-29-18)12-20(25)26/h3-4,7,10-11,16,20H,5-6,8-9,12-14H2,1-2H3,(H,27,30). The van der Waals surface area contributed by atoms with Gasteiger partial charge in [0.05, 0.1) is 31.4 Å². The molecule has 6 rings (SSSR count). The smallest absolute Gasteiger partial charge is 0.258 e. The minimum absolute atomic E-state index is 0.168. The number of hydrogen-bond donors (Lipinski definition) is 1. The lowest BCUT2D eigenvalue weighted by Gasteiger charge is -2.49. The summed E-state index contributed by atoms with van der Waals surface area (Å²) in [5.41, 5.74) is 3.60. The van der Waals surface area contributed by atoms with Gasteiger partial charge in [-0.2, -0.15) is 4.98 Å². The van der Waals surface area contributed by atoms with Crippen LogP contribution in [0.25, 0.3) is 27.7 Å². The highest BCUT2D eigenvalue weighted by molar-refractivity contribution is 5.89. The molecule has 0 unspecified atom stereocenters. The third kappa shape index (κ3) is 4.03.